The Morgan fingerprint density at radius 2 is 2.16 bits per heavy atom. The van der Waals surface area contributed by atoms with Gasteiger partial charge in [0.25, 0.3) is 5.91 Å². The van der Waals surface area contributed by atoms with Crippen molar-refractivity contribution < 1.29 is 17.8 Å². The summed E-state index contributed by atoms with van der Waals surface area (Å²) < 4.78 is 41.2. The number of carbonyl (C=O) groups excluding carboxylic acids is 1. The molecule has 31 heavy (non-hydrogen) atoms. The third-order valence-electron chi connectivity index (χ3n) is 5.79. The molecule has 2 aliphatic heterocycles. The van der Waals surface area contributed by atoms with Gasteiger partial charge in [0.05, 0.1) is 18.8 Å². The van der Waals surface area contributed by atoms with Crippen LogP contribution in [0, 0.1) is 5.82 Å². The fourth-order valence-electron chi connectivity index (χ4n) is 4.29. The molecule has 2 saturated heterocycles. The normalized spacial score (nSPS) is 25.9. The number of hydrogen-bond donors (Lipinski definition) is 1. The summed E-state index contributed by atoms with van der Waals surface area (Å²) in [4.78, 5) is 19.2. The second-order valence-corrected chi connectivity index (χ2v) is 9.56. The van der Waals surface area contributed by atoms with Crippen LogP contribution in [0.2, 0.25) is 0 Å². The minimum Gasteiger partial charge on any atom is -0.348 e. The topological polar surface area (TPSA) is 79.6 Å². The molecule has 0 radical (unpaired) electrons. The number of amides is 1. The number of aromatic nitrogens is 3. The van der Waals surface area contributed by atoms with Crippen LogP contribution in [0.25, 0.3) is 5.65 Å². The van der Waals surface area contributed by atoms with Crippen LogP contribution in [-0.2, 0) is 10.8 Å². The van der Waals surface area contributed by atoms with Gasteiger partial charge >= 0.3 is 0 Å². The summed E-state index contributed by atoms with van der Waals surface area (Å²) in [5, 5.41) is 7.09. The molecule has 3 aromatic rings. The van der Waals surface area contributed by atoms with Crippen molar-refractivity contribution in [3.8, 4) is 0 Å². The van der Waals surface area contributed by atoms with E-state index in [1.165, 1.54) is 22.8 Å². The molecule has 0 aliphatic carbocycles. The van der Waals surface area contributed by atoms with Crippen LogP contribution < -0.4 is 10.2 Å². The van der Waals surface area contributed by atoms with E-state index in [1.54, 1.807) is 29.3 Å². The first-order valence-corrected chi connectivity index (χ1v) is 11.6. The molecule has 0 saturated carbocycles. The Kier molecular flexibility index (Phi) is 5.17. The largest absolute Gasteiger partial charge is 0.348 e. The number of fused-ring (bicyclic) bond motifs is 1. The van der Waals surface area contributed by atoms with Crippen molar-refractivity contribution in [1.82, 2.24) is 19.9 Å². The highest BCUT2D eigenvalue weighted by Gasteiger charge is 2.34. The van der Waals surface area contributed by atoms with Gasteiger partial charge in [-0.25, -0.2) is 18.3 Å². The van der Waals surface area contributed by atoms with E-state index in [0.717, 1.165) is 0 Å². The van der Waals surface area contributed by atoms with E-state index in [-0.39, 0.29) is 36.8 Å². The third kappa shape index (κ3) is 3.91. The van der Waals surface area contributed by atoms with Crippen LogP contribution in [0.5, 0.6) is 0 Å². The highest BCUT2D eigenvalue weighted by Crippen LogP contribution is 2.37. The molecule has 1 aromatic carbocycles. The van der Waals surface area contributed by atoms with Gasteiger partial charge in [0.1, 0.15) is 23.4 Å². The fourth-order valence-corrected chi connectivity index (χ4v) is 5.70. The summed E-state index contributed by atoms with van der Waals surface area (Å²) in [5.41, 5.74) is 1.34. The van der Waals surface area contributed by atoms with Gasteiger partial charge in [-0.1, -0.05) is 12.1 Å². The zero-order chi connectivity index (χ0) is 21.5. The highest BCUT2D eigenvalue weighted by molar-refractivity contribution is 7.85. The second-order valence-electron chi connectivity index (χ2n) is 7.94. The summed E-state index contributed by atoms with van der Waals surface area (Å²) in [6.45, 7) is 0.133. The van der Waals surface area contributed by atoms with Gasteiger partial charge in [-0.3, -0.25) is 9.00 Å². The predicted molar refractivity (Wildman–Crippen MR) is 113 cm³/mol. The molecule has 4 heterocycles. The van der Waals surface area contributed by atoms with Crippen molar-refractivity contribution in [1.29, 1.82) is 0 Å². The van der Waals surface area contributed by atoms with Gasteiger partial charge in [-0.05, 0) is 30.2 Å². The molecule has 162 valence electrons. The molecule has 2 fully saturated rings. The number of anilines is 1. The quantitative estimate of drug-likeness (QED) is 0.667. The molecule has 4 atom stereocenters. The summed E-state index contributed by atoms with van der Waals surface area (Å²) in [6.07, 6.45) is 2.97. The number of halogens is 2. The Hall–Kier alpha value is -2.88. The maximum Gasteiger partial charge on any atom is 0.257 e. The summed E-state index contributed by atoms with van der Waals surface area (Å²) in [5.74, 6) is 0.840. The predicted octanol–water partition coefficient (Wildman–Crippen LogP) is 2.41. The van der Waals surface area contributed by atoms with Crippen molar-refractivity contribution >= 4 is 28.2 Å². The molecule has 0 bridgehead atoms. The lowest BCUT2D eigenvalue weighted by molar-refractivity contribution is 0.0942. The Morgan fingerprint density at radius 3 is 2.94 bits per heavy atom. The average molecular weight is 445 g/mol. The third-order valence-corrected chi connectivity index (χ3v) is 7.26. The maximum atomic E-state index is 14.3. The van der Waals surface area contributed by atoms with E-state index in [4.69, 9.17) is 0 Å². The van der Waals surface area contributed by atoms with Gasteiger partial charge in [-0.15, -0.1) is 0 Å². The van der Waals surface area contributed by atoms with E-state index in [1.807, 2.05) is 0 Å². The zero-order valence-corrected chi connectivity index (χ0v) is 17.4. The molecule has 2 aliphatic rings. The van der Waals surface area contributed by atoms with E-state index in [9.17, 15) is 17.8 Å². The van der Waals surface area contributed by atoms with Crippen molar-refractivity contribution in [2.75, 3.05) is 23.0 Å². The van der Waals surface area contributed by atoms with Crippen molar-refractivity contribution in [2.45, 2.75) is 31.1 Å². The van der Waals surface area contributed by atoms with Crippen LogP contribution in [0.4, 0.5) is 14.6 Å². The van der Waals surface area contributed by atoms with Crippen molar-refractivity contribution in [3.63, 3.8) is 0 Å². The Balaban J connectivity index is 1.45. The molecule has 2 aromatic heterocycles. The van der Waals surface area contributed by atoms with Crippen LogP contribution in [0.3, 0.4) is 0 Å². The summed E-state index contributed by atoms with van der Waals surface area (Å²) in [7, 11) is -0.896. The zero-order valence-electron chi connectivity index (χ0n) is 16.6. The maximum absolute atomic E-state index is 14.3. The molecule has 1 amide bonds. The minimum absolute atomic E-state index is 0.130. The number of carbonyl (C=O) groups is 1. The van der Waals surface area contributed by atoms with Crippen LogP contribution in [0.1, 0.15) is 34.8 Å². The SMILES string of the molecule is O=C(NC1CCS(=O)C1)c1cnn2ccc(N3CC(F)C[C@@H]3c3cccc(F)c3)nc12. The molecule has 1 N–H and O–H groups in total. The van der Waals surface area contributed by atoms with Crippen LogP contribution >= 0.6 is 0 Å². The number of alkyl halides is 1. The van der Waals surface area contributed by atoms with Gasteiger partial charge in [0.15, 0.2) is 5.65 Å². The Labute approximate surface area is 179 Å². The minimum atomic E-state index is -1.07. The Bertz CT molecular complexity index is 1170. The van der Waals surface area contributed by atoms with Gasteiger partial charge in [0, 0.05) is 41.0 Å². The smallest absolute Gasteiger partial charge is 0.257 e. The summed E-state index contributed by atoms with van der Waals surface area (Å²) in [6, 6.07) is 7.39. The number of nitrogens with one attached hydrogen (secondary N) is 1. The molecule has 5 rings (SSSR count). The fraction of sp³-hybridized carbons (Fsp3) is 0.381. The van der Waals surface area contributed by atoms with Gasteiger partial charge < -0.3 is 10.2 Å². The average Bonchev–Trinajstić information content (AvgIpc) is 3.45. The first-order valence-electron chi connectivity index (χ1n) is 10.1. The standard InChI is InChI=1S/C21H21F2N5O2S/c22-14-3-1-2-13(8-14)18-9-15(23)11-27(18)19-4-6-28-20(26-19)17(10-24-28)21(29)25-16-5-7-31(30)12-16/h1-4,6,8,10,15-16,18H,5,7,9,11-12H2,(H,25,29)/t15?,16?,18-,31?/m1/s1. The molecule has 3 unspecified atom stereocenters. The molecule has 10 heteroatoms. The van der Waals surface area contributed by atoms with Crippen LogP contribution in [-0.4, -0.2) is 55.0 Å². The molecule has 0 spiro atoms. The molecule has 7 nitrogen and oxygen atoms in total. The molecular weight excluding hydrogens is 424 g/mol. The first kappa shape index (κ1) is 20.0. The number of benzene rings is 1. The lowest BCUT2D eigenvalue weighted by atomic mass is 10.0. The Morgan fingerprint density at radius 1 is 1.29 bits per heavy atom. The number of nitrogens with zero attached hydrogens (tertiary/aromatic N) is 4. The molecular formula is C21H21F2N5O2S. The van der Waals surface area contributed by atoms with Gasteiger partial charge in [0.2, 0.25) is 0 Å². The van der Waals surface area contributed by atoms with E-state index in [2.05, 4.69) is 15.4 Å². The monoisotopic (exact) mass is 445 g/mol. The highest BCUT2D eigenvalue weighted by atomic mass is 32.2. The second kappa shape index (κ2) is 7.99. The van der Waals surface area contributed by atoms with E-state index >= 15 is 0 Å². The number of rotatable bonds is 4. The number of hydrogen-bond acceptors (Lipinski definition) is 5. The first-order chi connectivity index (χ1) is 15.0. The lowest BCUT2D eigenvalue weighted by Gasteiger charge is -2.25. The van der Waals surface area contributed by atoms with Crippen molar-refractivity contribution in [3.05, 3.63) is 59.7 Å². The van der Waals surface area contributed by atoms with Crippen molar-refractivity contribution in [2.24, 2.45) is 0 Å². The summed E-state index contributed by atoms with van der Waals surface area (Å²) >= 11 is 0. The van der Waals surface area contributed by atoms with Gasteiger partial charge in [-0.2, -0.15) is 5.10 Å². The lowest BCUT2D eigenvalue weighted by Crippen LogP contribution is -2.35. The van der Waals surface area contributed by atoms with E-state index in [0.29, 0.717) is 40.5 Å². The van der Waals surface area contributed by atoms with Crippen LogP contribution in [0.15, 0.2) is 42.7 Å². The van der Waals surface area contributed by atoms with E-state index < -0.39 is 17.0 Å².